The fourth-order valence-corrected chi connectivity index (χ4v) is 2.35. The van der Waals surface area contributed by atoms with Gasteiger partial charge in [-0.05, 0) is 12.5 Å². The van der Waals surface area contributed by atoms with Gasteiger partial charge in [0.2, 0.25) is 0 Å². The first kappa shape index (κ1) is 11.4. The molecule has 0 bridgehead atoms. The van der Waals surface area contributed by atoms with Gasteiger partial charge in [-0.25, -0.2) is 9.38 Å². The monoisotopic (exact) mass is 259 g/mol. The second-order valence-corrected chi connectivity index (χ2v) is 4.72. The maximum absolute atomic E-state index is 13.9. The third-order valence-corrected chi connectivity index (χ3v) is 3.45. The average Bonchev–Trinajstić information content (AvgIpc) is 2.44. The molecule has 18 heavy (non-hydrogen) atoms. The zero-order valence-corrected chi connectivity index (χ0v) is 10.4. The molecule has 1 aromatic carbocycles. The predicted octanol–water partition coefficient (Wildman–Crippen LogP) is 4.37. The molecule has 1 heterocycles. The van der Waals surface area contributed by atoms with Gasteiger partial charge in [0.05, 0.1) is 16.4 Å². The van der Waals surface area contributed by atoms with Crippen LogP contribution >= 0.6 is 11.6 Å². The number of benzene rings is 1. The van der Waals surface area contributed by atoms with Gasteiger partial charge in [0.25, 0.3) is 0 Å². The lowest BCUT2D eigenvalue weighted by Gasteiger charge is -2.21. The van der Waals surface area contributed by atoms with E-state index in [4.69, 9.17) is 11.6 Å². The lowest BCUT2D eigenvalue weighted by atomic mass is 9.92. The molecule has 0 N–H and O–H groups in total. The van der Waals surface area contributed by atoms with E-state index < -0.39 is 5.83 Å². The molecule has 1 aromatic rings. The highest BCUT2D eigenvalue weighted by Gasteiger charge is 2.25. The number of fused-ring (bicyclic) bond motifs is 1. The molecule has 1 unspecified atom stereocenters. The van der Waals surface area contributed by atoms with E-state index >= 15 is 0 Å². The molecule has 0 aromatic heterocycles. The fourth-order valence-electron chi connectivity index (χ4n) is 2.16. The number of hydrogen-bond donors (Lipinski definition) is 0. The molecule has 3 rings (SSSR count). The van der Waals surface area contributed by atoms with Gasteiger partial charge in [-0.15, -0.1) is 0 Å². The first-order valence-corrected chi connectivity index (χ1v) is 6.21. The summed E-state index contributed by atoms with van der Waals surface area (Å²) in [5.41, 5.74) is 2.21. The maximum atomic E-state index is 13.9. The van der Waals surface area contributed by atoms with Crippen LogP contribution in [-0.4, -0.2) is 5.71 Å². The van der Waals surface area contributed by atoms with Crippen molar-refractivity contribution in [1.82, 2.24) is 0 Å². The second kappa shape index (κ2) is 4.54. The predicted molar refractivity (Wildman–Crippen MR) is 72.3 cm³/mol. The van der Waals surface area contributed by atoms with Crippen LogP contribution in [0, 0.1) is 5.92 Å². The first-order chi connectivity index (χ1) is 8.75. The molecule has 1 nitrogen and oxygen atoms in total. The van der Waals surface area contributed by atoms with Crippen LogP contribution < -0.4 is 0 Å². The lowest BCUT2D eigenvalue weighted by molar-refractivity contribution is 0.596. The van der Waals surface area contributed by atoms with E-state index in [0.717, 1.165) is 11.3 Å². The van der Waals surface area contributed by atoms with E-state index in [-0.39, 0.29) is 11.0 Å². The Hall–Kier alpha value is -1.67. The molecule has 1 atom stereocenters. The van der Waals surface area contributed by atoms with Crippen molar-refractivity contribution < 1.29 is 4.39 Å². The number of nitrogens with zero attached hydrogens (tertiary/aromatic N) is 1. The Morgan fingerprint density at radius 2 is 2.00 bits per heavy atom. The number of aliphatic imine (C=N–C) groups is 1. The minimum absolute atomic E-state index is 0.0139. The van der Waals surface area contributed by atoms with Gasteiger partial charge in [-0.1, -0.05) is 54.1 Å². The lowest BCUT2D eigenvalue weighted by Crippen LogP contribution is -2.13. The minimum atomic E-state index is -0.398. The first-order valence-electron chi connectivity index (χ1n) is 5.84. The standard InChI is InChI=1S/C15H11ClFN/c16-12-8-6-11-7-9-13(18-15(11)14(12)17)10-4-2-1-3-5-10/h1-5,7-9,11H,6H2. The molecule has 0 fully saturated rings. The highest BCUT2D eigenvalue weighted by atomic mass is 35.5. The van der Waals surface area contributed by atoms with Gasteiger partial charge in [0.15, 0.2) is 5.83 Å². The Morgan fingerprint density at radius 3 is 2.78 bits per heavy atom. The summed E-state index contributed by atoms with van der Waals surface area (Å²) in [4.78, 5) is 4.41. The molecule has 1 aliphatic carbocycles. The molecule has 2 aliphatic rings. The zero-order valence-electron chi connectivity index (χ0n) is 9.61. The number of dihydropyridines is 1. The van der Waals surface area contributed by atoms with E-state index in [1.165, 1.54) is 0 Å². The van der Waals surface area contributed by atoms with E-state index in [9.17, 15) is 4.39 Å². The summed E-state index contributed by atoms with van der Waals surface area (Å²) in [5, 5.41) is 0.174. The Morgan fingerprint density at radius 1 is 1.22 bits per heavy atom. The van der Waals surface area contributed by atoms with Gasteiger partial charge in [0.1, 0.15) is 0 Å². The van der Waals surface area contributed by atoms with Gasteiger partial charge in [-0.2, -0.15) is 0 Å². The van der Waals surface area contributed by atoms with Crippen LogP contribution in [0.3, 0.4) is 0 Å². The topological polar surface area (TPSA) is 12.4 Å². The van der Waals surface area contributed by atoms with Gasteiger partial charge < -0.3 is 0 Å². The van der Waals surface area contributed by atoms with Crippen molar-refractivity contribution in [1.29, 1.82) is 0 Å². The summed E-state index contributed by atoms with van der Waals surface area (Å²) >= 11 is 5.82. The molecule has 1 aliphatic heterocycles. The van der Waals surface area contributed by atoms with Crippen molar-refractivity contribution in [2.75, 3.05) is 0 Å². The van der Waals surface area contributed by atoms with Crippen LogP contribution in [0.15, 0.2) is 70.1 Å². The van der Waals surface area contributed by atoms with Crippen molar-refractivity contribution in [2.24, 2.45) is 10.9 Å². The van der Waals surface area contributed by atoms with Gasteiger partial charge in [0, 0.05) is 11.5 Å². The Balaban J connectivity index is 2.06. The second-order valence-electron chi connectivity index (χ2n) is 4.32. The molecular formula is C15H11ClFN. The van der Waals surface area contributed by atoms with Crippen molar-refractivity contribution in [3.63, 3.8) is 0 Å². The molecule has 90 valence electrons. The van der Waals surface area contributed by atoms with Crippen LogP contribution in [-0.2, 0) is 0 Å². The summed E-state index contributed by atoms with van der Waals surface area (Å²) in [7, 11) is 0. The highest BCUT2D eigenvalue weighted by Crippen LogP contribution is 2.36. The SMILES string of the molecule is FC1=C2N=C(c3ccccc3)C=CC2CC=C1Cl. The van der Waals surface area contributed by atoms with Crippen molar-refractivity contribution in [3.05, 3.63) is 70.7 Å². The molecule has 3 heteroatoms. The normalized spacial score (nSPS) is 22.4. The van der Waals surface area contributed by atoms with Crippen molar-refractivity contribution >= 4 is 17.3 Å². The molecule has 0 saturated heterocycles. The number of rotatable bonds is 1. The molecule has 0 amide bonds. The maximum Gasteiger partial charge on any atom is 0.163 e. The number of allylic oxidation sites excluding steroid dienone is 5. The molecule has 0 spiro atoms. The van der Waals surface area contributed by atoms with Crippen LogP contribution in [0.5, 0.6) is 0 Å². The minimum Gasteiger partial charge on any atom is -0.249 e. The molecular weight excluding hydrogens is 249 g/mol. The van der Waals surface area contributed by atoms with E-state index in [0.29, 0.717) is 12.1 Å². The van der Waals surface area contributed by atoms with Crippen LogP contribution in [0.1, 0.15) is 12.0 Å². The number of hydrogen-bond acceptors (Lipinski definition) is 1. The Bertz CT molecular complexity index is 596. The molecule has 0 radical (unpaired) electrons. The Labute approximate surface area is 110 Å². The van der Waals surface area contributed by atoms with Gasteiger partial charge >= 0.3 is 0 Å². The summed E-state index contributed by atoms with van der Waals surface area (Å²) in [6, 6.07) is 9.75. The van der Waals surface area contributed by atoms with Crippen LogP contribution in [0.2, 0.25) is 0 Å². The summed E-state index contributed by atoms with van der Waals surface area (Å²) < 4.78 is 13.9. The quantitative estimate of drug-likeness (QED) is 0.710. The summed E-state index contributed by atoms with van der Waals surface area (Å²) in [6.07, 6.45) is 6.36. The van der Waals surface area contributed by atoms with E-state index in [1.54, 1.807) is 6.08 Å². The van der Waals surface area contributed by atoms with Crippen molar-refractivity contribution in [2.45, 2.75) is 6.42 Å². The van der Waals surface area contributed by atoms with E-state index in [2.05, 4.69) is 4.99 Å². The third kappa shape index (κ3) is 1.93. The zero-order chi connectivity index (χ0) is 12.5. The average molecular weight is 260 g/mol. The fraction of sp³-hybridized carbons (Fsp3) is 0.133. The number of halogens is 2. The third-order valence-electron chi connectivity index (χ3n) is 3.13. The smallest absolute Gasteiger partial charge is 0.163 e. The Kier molecular flexibility index (Phi) is 2.88. The van der Waals surface area contributed by atoms with Gasteiger partial charge in [-0.3, -0.25) is 0 Å². The largest absolute Gasteiger partial charge is 0.249 e. The van der Waals surface area contributed by atoms with Crippen LogP contribution in [0.25, 0.3) is 0 Å². The summed E-state index contributed by atoms with van der Waals surface area (Å²) in [6.45, 7) is 0. The summed E-state index contributed by atoms with van der Waals surface area (Å²) in [5.74, 6) is -0.384. The van der Waals surface area contributed by atoms with Crippen molar-refractivity contribution in [3.8, 4) is 0 Å². The van der Waals surface area contributed by atoms with Crippen LogP contribution in [0.4, 0.5) is 4.39 Å². The molecule has 0 saturated carbocycles. The highest BCUT2D eigenvalue weighted by molar-refractivity contribution is 6.31. The van der Waals surface area contributed by atoms with E-state index in [1.807, 2.05) is 42.5 Å².